The fourth-order valence-corrected chi connectivity index (χ4v) is 2.74. The number of hydrogen-bond acceptors (Lipinski definition) is 5. The highest BCUT2D eigenvalue weighted by molar-refractivity contribution is 5.76. The van der Waals surface area contributed by atoms with E-state index in [1.54, 1.807) is 18.0 Å². The van der Waals surface area contributed by atoms with Crippen LogP contribution in [-0.2, 0) is 24.7 Å². The summed E-state index contributed by atoms with van der Waals surface area (Å²) in [5, 5.41) is 7.06. The van der Waals surface area contributed by atoms with Crippen molar-refractivity contribution in [3.05, 3.63) is 54.3 Å². The smallest absolute Gasteiger partial charge is 0.220 e. The van der Waals surface area contributed by atoms with Crippen molar-refractivity contribution in [3.8, 4) is 17.1 Å². The fourth-order valence-electron chi connectivity index (χ4n) is 2.74. The van der Waals surface area contributed by atoms with Crippen LogP contribution in [0.5, 0.6) is 5.75 Å². The van der Waals surface area contributed by atoms with Gasteiger partial charge in [-0.15, -0.1) is 0 Å². The normalized spacial score (nSPS) is 10.7. The molecule has 0 fully saturated rings. The van der Waals surface area contributed by atoms with Gasteiger partial charge < -0.3 is 14.5 Å². The molecular weight excluding hydrogens is 344 g/mol. The average Bonchev–Trinajstić information content (AvgIpc) is 3.33. The minimum atomic E-state index is 0.00499. The molecule has 0 spiro atoms. The van der Waals surface area contributed by atoms with Crippen LogP contribution in [0.4, 0.5) is 0 Å². The summed E-state index contributed by atoms with van der Waals surface area (Å²) in [6.07, 6.45) is 8.15. The molecule has 0 radical (unpaired) electrons. The van der Waals surface area contributed by atoms with E-state index in [-0.39, 0.29) is 5.91 Å². The van der Waals surface area contributed by atoms with Gasteiger partial charge in [-0.3, -0.25) is 9.48 Å². The van der Waals surface area contributed by atoms with E-state index in [1.807, 2.05) is 43.7 Å². The van der Waals surface area contributed by atoms with Crippen LogP contribution in [0.2, 0.25) is 0 Å². The van der Waals surface area contributed by atoms with Gasteiger partial charge in [0.25, 0.3) is 0 Å². The Bertz CT molecular complexity index is 867. The lowest BCUT2D eigenvalue weighted by atomic mass is 10.2. The minimum Gasteiger partial charge on any atom is -0.497 e. The largest absolute Gasteiger partial charge is 0.497 e. The number of rotatable bonds is 9. The Morgan fingerprint density at radius 2 is 2.04 bits per heavy atom. The van der Waals surface area contributed by atoms with Crippen LogP contribution >= 0.6 is 0 Å². The van der Waals surface area contributed by atoms with E-state index >= 15 is 0 Å². The van der Waals surface area contributed by atoms with Crippen LogP contribution in [0.1, 0.15) is 24.3 Å². The molecule has 142 valence electrons. The van der Waals surface area contributed by atoms with E-state index < -0.39 is 0 Å². The van der Waals surface area contributed by atoms with Crippen LogP contribution < -0.4 is 10.1 Å². The van der Waals surface area contributed by atoms with Crippen molar-refractivity contribution in [2.24, 2.45) is 7.05 Å². The SMILES string of the molecule is COc1ccc(-c2cnc(CCC(=O)NCCCc3cnn(C)c3)o2)cc1. The zero-order chi connectivity index (χ0) is 19.1. The number of nitrogens with zero attached hydrogens (tertiary/aromatic N) is 3. The van der Waals surface area contributed by atoms with Gasteiger partial charge in [-0.1, -0.05) is 0 Å². The number of benzene rings is 1. The number of methoxy groups -OCH3 is 1. The lowest BCUT2D eigenvalue weighted by molar-refractivity contribution is -0.121. The molecule has 0 aliphatic rings. The third kappa shape index (κ3) is 5.44. The standard InChI is InChI=1S/C20H24N4O3/c1-24-14-15(12-23-24)4-3-11-21-19(25)9-10-20-22-13-18(27-20)16-5-7-17(26-2)8-6-16/h5-8,12-14H,3-4,9-11H2,1-2H3,(H,21,25). The van der Waals surface area contributed by atoms with Gasteiger partial charge in [-0.2, -0.15) is 5.10 Å². The van der Waals surface area contributed by atoms with Crippen LogP contribution in [0.25, 0.3) is 11.3 Å². The van der Waals surface area contributed by atoms with E-state index in [1.165, 1.54) is 5.56 Å². The summed E-state index contributed by atoms with van der Waals surface area (Å²) in [6.45, 7) is 0.649. The van der Waals surface area contributed by atoms with E-state index in [9.17, 15) is 4.79 Å². The molecule has 1 N–H and O–H groups in total. The Morgan fingerprint density at radius 3 is 2.74 bits per heavy atom. The Hall–Kier alpha value is -3.09. The summed E-state index contributed by atoms with van der Waals surface area (Å²) in [5.74, 6) is 2.04. The van der Waals surface area contributed by atoms with Crippen molar-refractivity contribution in [2.45, 2.75) is 25.7 Å². The quantitative estimate of drug-likeness (QED) is 0.587. The zero-order valence-corrected chi connectivity index (χ0v) is 15.6. The maximum Gasteiger partial charge on any atom is 0.220 e. The van der Waals surface area contributed by atoms with E-state index in [4.69, 9.17) is 9.15 Å². The number of amides is 1. The first-order valence-electron chi connectivity index (χ1n) is 8.97. The number of carbonyl (C=O) groups excluding carboxylic acids is 1. The van der Waals surface area contributed by atoms with Crippen molar-refractivity contribution in [1.29, 1.82) is 0 Å². The number of aromatic nitrogens is 3. The van der Waals surface area contributed by atoms with Crippen molar-refractivity contribution in [1.82, 2.24) is 20.1 Å². The van der Waals surface area contributed by atoms with Gasteiger partial charge in [0.15, 0.2) is 11.7 Å². The molecule has 7 nitrogen and oxygen atoms in total. The maximum atomic E-state index is 12.0. The van der Waals surface area contributed by atoms with Gasteiger partial charge in [-0.05, 0) is 42.7 Å². The average molecular weight is 368 g/mol. The molecule has 3 aromatic rings. The molecule has 7 heteroatoms. The number of nitrogens with one attached hydrogen (secondary N) is 1. The maximum absolute atomic E-state index is 12.0. The Morgan fingerprint density at radius 1 is 1.22 bits per heavy atom. The lowest BCUT2D eigenvalue weighted by Crippen LogP contribution is -2.25. The summed E-state index contributed by atoms with van der Waals surface area (Å²) >= 11 is 0. The van der Waals surface area contributed by atoms with Gasteiger partial charge >= 0.3 is 0 Å². The molecule has 2 aromatic heterocycles. The molecule has 2 heterocycles. The number of aryl methyl sites for hydroxylation is 3. The molecule has 3 rings (SSSR count). The molecule has 27 heavy (non-hydrogen) atoms. The first-order chi connectivity index (χ1) is 13.1. The van der Waals surface area contributed by atoms with Gasteiger partial charge in [0, 0.05) is 38.2 Å². The molecule has 0 bridgehead atoms. The molecule has 1 aromatic carbocycles. The number of oxazole rings is 1. The summed E-state index contributed by atoms with van der Waals surface area (Å²) in [7, 11) is 3.53. The second kappa shape index (κ2) is 9.02. The summed E-state index contributed by atoms with van der Waals surface area (Å²) in [4.78, 5) is 16.2. The summed E-state index contributed by atoms with van der Waals surface area (Å²) < 4.78 is 12.7. The molecule has 0 aliphatic heterocycles. The molecule has 0 saturated carbocycles. The predicted molar refractivity (Wildman–Crippen MR) is 101 cm³/mol. The molecule has 0 saturated heterocycles. The third-order valence-corrected chi connectivity index (χ3v) is 4.22. The van der Waals surface area contributed by atoms with Crippen LogP contribution in [-0.4, -0.2) is 34.3 Å². The molecule has 1 amide bonds. The zero-order valence-electron chi connectivity index (χ0n) is 15.6. The van der Waals surface area contributed by atoms with Crippen molar-refractivity contribution in [2.75, 3.05) is 13.7 Å². The van der Waals surface area contributed by atoms with Gasteiger partial charge in [0.2, 0.25) is 5.91 Å². The topological polar surface area (TPSA) is 82.2 Å². The van der Waals surface area contributed by atoms with Crippen LogP contribution in [0.15, 0.2) is 47.3 Å². The molecule has 0 atom stereocenters. The van der Waals surface area contributed by atoms with E-state index in [2.05, 4.69) is 15.4 Å². The highest BCUT2D eigenvalue weighted by Crippen LogP contribution is 2.23. The summed E-state index contributed by atoms with van der Waals surface area (Å²) in [5.41, 5.74) is 2.10. The second-order valence-corrected chi connectivity index (χ2v) is 6.32. The minimum absolute atomic E-state index is 0.00499. The van der Waals surface area contributed by atoms with E-state index in [0.29, 0.717) is 31.0 Å². The van der Waals surface area contributed by atoms with Crippen molar-refractivity contribution in [3.63, 3.8) is 0 Å². The van der Waals surface area contributed by atoms with E-state index in [0.717, 1.165) is 24.2 Å². The lowest BCUT2D eigenvalue weighted by Gasteiger charge is -2.03. The monoisotopic (exact) mass is 368 g/mol. The fraction of sp³-hybridized carbons (Fsp3) is 0.350. The second-order valence-electron chi connectivity index (χ2n) is 6.32. The Kier molecular flexibility index (Phi) is 6.25. The van der Waals surface area contributed by atoms with Gasteiger partial charge in [0.1, 0.15) is 5.75 Å². The molecular formula is C20H24N4O3. The molecule has 0 unspecified atom stereocenters. The van der Waals surface area contributed by atoms with Gasteiger partial charge in [-0.25, -0.2) is 4.98 Å². The Balaban J connectivity index is 1.39. The molecule has 0 aliphatic carbocycles. The van der Waals surface area contributed by atoms with Gasteiger partial charge in [0.05, 0.1) is 19.5 Å². The van der Waals surface area contributed by atoms with Crippen molar-refractivity contribution < 1.29 is 13.9 Å². The Labute approximate surface area is 158 Å². The van der Waals surface area contributed by atoms with Crippen LogP contribution in [0.3, 0.4) is 0 Å². The first-order valence-corrected chi connectivity index (χ1v) is 8.97. The predicted octanol–water partition coefficient (Wildman–Crippen LogP) is 2.77. The number of ether oxygens (including phenoxy) is 1. The van der Waals surface area contributed by atoms with Crippen LogP contribution in [0, 0.1) is 0 Å². The summed E-state index contributed by atoms with van der Waals surface area (Å²) in [6, 6.07) is 7.57. The first kappa shape index (κ1) is 18.7. The van der Waals surface area contributed by atoms with Crippen molar-refractivity contribution >= 4 is 5.91 Å². The number of carbonyl (C=O) groups is 1. The highest BCUT2D eigenvalue weighted by atomic mass is 16.5. The number of hydrogen-bond donors (Lipinski definition) is 1. The third-order valence-electron chi connectivity index (χ3n) is 4.22. The highest BCUT2D eigenvalue weighted by Gasteiger charge is 2.09.